The Morgan fingerprint density at radius 3 is 1.46 bits per heavy atom. The smallest absolute Gasteiger partial charge is 0.374 e. The van der Waals surface area contributed by atoms with Crippen LogP contribution >= 0.6 is 46.4 Å². The highest BCUT2D eigenvalue weighted by Gasteiger charge is 2.63. The summed E-state index contributed by atoms with van der Waals surface area (Å²) in [6.07, 6.45) is -10.7. The number of rotatable bonds is 8. The van der Waals surface area contributed by atoms with Crippen molar-refractivity contribution in [3.05, 3.63) is 138 Å². The Bertz CT molecular complexity index is 2160. The fraction of sp³-hybridized carbons (Fsp3) is 0.270. The first kappa shape index (κ1) is 43.0. The van der Waals surface area contributed by atoms with Crippen molar-refractivity contribution >= 4 is 63.7 Å². The first-order chi connectivity index (χ1) is 26.2. The average molecular weight is 870 g/mol. The molecule has 2 atom stereocenters. The van der Waals surface area contributed by atoms with Gasteiger partial charge in [0.05, 0.1) is 11.4 Å². The van der Waals surface area contributed by atoms with Crippen molar-refractivity contribution in [3.63, 3.8) is 0 Å². The lowest BCUT2D eigenvalue weighted by atomic mass is 9.86. The Labute approximate surface area is 334 Å². The minimum atomic E-state index is -4.83. The van der Waals surface area contributed by atoms with Crippen molar-refractivity contribution in [1.82, 2.24) is 5.32 Å². The van der Waals surface area contributed by atoms with Crippen LogP contribution < -0.4 is 11.1 Å². The molecule has 0 spiro atoms. The Kier molecular flexibility index (Phi) is 12.9. The number of oxime groups is 2. The lowest BCUT2D eigenvalue weighted by Crippen LogP contribution is -2.42. The third-order valence-electron chi connectivity index (χ3n) is 8.80. The van der Waals surface area contributed by atoms with Crippen LogP contribution in [0.5, 0.6) is 0 Å². The lowest BCUT2D eigenvalue weighted by molar-refractivity contribution is -0.276. The summed E-state index contributed by atoms with van der Waals surface area (Å²) >= 11 is 23.5. The maximum atomic E-state index is 14.1. The van der Waals surface area contributed by atoms with E-state index in [0.29, 0.717) is 5.56 Å². The molecule has 0 aliphatic carbocycles. The van der Waals surface area contributed by atoms with Gasteiger partial charge in [-0.2, -0.15) is 26.3 Å². The van der Waals surface area contributed by atoms with Crippen LogP contribution in [0.3, 0.4) is 0 Å². The predicted octanol–water partition coefficient (Wildman–Crippen LogP) is 10.9. The van der Waals surface area contributed by atoms with Crippen molar-refractivity contribution in [2.24, 2.45) is 16.0 Å². The number of benzene rings is 4. The van der Waals surface area contributed by atoms with E-state index in [9.17, 15) is 39.9 Å². The number of halogens is 12. The van der Waals surface area contributed by atoms with Crippen molar-refractivity contribution in [3.8, 4) is 0 Å². The SMILES string of the molecule is CCC(=O)NCc1cc(C2=NOC(c3cc(Cl)cc(Cl)c3)(C(F)(F)F)C2)ccc1F.NCc1cc(C2=NOC(c3cc(Cl)cc(Cl)c3)(C(F)(F)F)C2)ccc1F. The minimum Gasteiger partial charge on any atom is -0.374 e. The van der Waals surface area contributed by atoms with Crippen LogP contribution in [0, 0.1) is 11.6 Å². The van der Waals surface area contributed by atoms with Crippen molar-refractivity contribution in [1.29, 1.82) is 0 Å². The molecule has 2 aliphatic heterocycles. The molecule has 6 rings (SSSR count). The second kappa shape index (κ2) is 16.8. The van der Waals surface area contributed by atoms with Gasteiger partial charge in [-0.05, 0) is 66.2 Å². The van der Waals surface area contributed by atoms with Crippen LogP contribution in [0.4, 0.5) is 35.1 Å². The molecule has 0 radical (unpaired) electrons. The van der Waals surface area contributed by atoms with Crippen LogP contribution in [0.2, 0.25) is 20.1 Å². The Morgan fingerprint density at radius 1 is 0.696 bits per heavy atom. The molecule has 0 bridgehead atoms. The highest BCUT2D eigenvalue weighted by atomic mass is 35.5. The van der Waals surface area contributed by atoms with Gasteiger partial charge in [0.2, 0.25) is 5.91 Å². The molecule has 3 N–H and O–H groups in total. The molecule has 4 aromatic rings. The molecule has 56 heavy (non-hydrogen) atoms. The number of nitrogens with zero attached hydrogens (tertiary/aromatic N) is 2. The Morgan fingerprint density at radius 2 is 1.09 bits per heavy atom. The zero-order valence-corrected chi connectivity index (χ0v) is 31.7. The first-order valence-corrected chi connectivity index (χ1v) is 17.8. The predicted molar refractivity (Wildman–Crippen MR) is 196 cm³/mol. The van der Waals surface area contributed by atoms with Gasteiger partial charge >= 0.3 is 12.4 Å². The van der Waals surface area contributed by atoms with Crippen LogP contribution in [0.1, 0.15) is 59.6 Å². The zero-order chi connectivity index (χ0) is 41.2. The number of nitrogens with one attached hydrogen (secondary N) is 1. The normalized spacial score (nSPS) is 19.3. The van der Waals surface area contributed by atoms with E-state index in [2.05, 4.69) is 15.6 Å². The lowest BCUT2D eigenvalue weighted by Gasteiger charge is -2.29. The summed E-state index contributed by atoms with van der Waals surface area (Å²) in [7, 11) is 0. The highest BCUT2D eigenvalue weighted by molar-refractivity contribution is 6.35. The molecule has 1 amide bonds. The number of alkyl halides is 6. The number of carbonyl (C=O) groups is 1. The Balaban J connectivity index is 0.000000216. The fourth-order valence-corrected chi connectivity index (χ4v) is 6.86. The summed E-state index contributed by atoms with van der Waals surface area (Å²) in [5.74, 6) is -1.42. The molecular weight excluding hydrogens is 842 g/mol. The van der Waals surface area contributed by atoms with E-state index in [1.54, 1.807) is 6.92 Å². The second-order valence-electron chi connectivity index (χ2n) is 12.5. The van der Waals surface area contributed by atoms with Crippen LogP contribution in [0.25, 0.3) is 0 Å². The molecule has 7 nitrogen and oxygen atoms in total. The summed E-state index contributed by atoms with van der Waals surface area (Å²) in [5.41, 5.74) is 0.220. The number of nitrogens with two attached hydrogens (primary N) is 1. The Hall–Kier alpha value is -4.15. The van der Waals surface area contributed by atoms with Crippen LogP contribution in [-0.4, -0.2) is 29.7 Å². The summed E-state index contributed by atoms with van der Waals surface area (Å²) in [5, 5.41) is 9.91. The van der Waals surface area contributed by atoms with Gasteiger partial charge in [0, 0.05) is 80.3 Å². The van der Waals surface area contributed by atoms with Gasteiger partial charge in [-0.3, -0.25) is 4.79 Å². The molecular formula is C37H28Cl4F8N4O3. The van der Waals surface area contributed by atoms with Gasteiger partial charge < -0.3 is 20.7 Å². The van der Waals surface area contributed by atoms with E-state index in [4.69, 9.17) is 61.8 Å². The molecule has 2 aliphatic rings. The summed E-state index contributed by atoms with van der Waals surface area (Å²) in [6.45, 7) is 1.45. The van der Waals surface area contributed by atoms with Gasteiger partial charge in [0.25, 0.3) is 11.2 Å². The summed E-state index contributed by atoms with van der Waals surface area (Å²) in [4.78, 5) is 21.2. The monoisotopic (exact) mass is 868 g/mol. The van der Waals surface area contributed by atoms with Gasteiger partial charge in [-0.1, -0.05) is 75.8 Å². The van der Waals surface area contributed by atoms with Crippen molar-refractivity contribution in [2.75, 3.05) is 0 Å². The molecule has 2 heterocycles. The summed E-state index contributed by atoms with van der Waals surface area (Å²) < 4.78 is 112. The number of carbonyl (C=O) groups excluding carboxylic acids is 1. The van der Waals surface area contributed by atoms with E-state index in [0.717, 1.165) is 36.4 Å². The number of amides is 1. The van der Waals surface area contributed by atoms with E-state index >= 15 is 0 Å². The quantitative estimate of drug-likeness (QED) is 0.172. The largest absolute Gasteiger partial charge is 0.435 e. The van der Waals surface area contributed by atoms with Crippen molar-refractivity contribution in [2.45, 2.75) is 62.8 Å². The highest BCUT2D eigenvalue weighted by Crippen LogP contribution is 2.51. The summed E-state index contributed by atoms with van der Waals surface area (Å²) in [6, 6.07) is 14.7. The van der Waals surface area contributed by atoms with E-state index in [1.165, 1.54) is 36.4 Å². The van der Waals surface area contributed by atoms with E-state index < -0.39 is 48.0 Å². The number of hydrogen-bond acceptors (Lipinski definition) is 6. The molecule has 19 heteroatoms. The molecule has 4 aromatic carbocycles. The molecule has 298 valence electrons. The second-order valence-corrected chi connectivity index (χ2v) is 14.3. The zero-order valence-electron chi connectivity index (χ0n) is 28.7. The minimum absolute atomic E-state index is 0.0214. The fourth-order valence-electron chi connectivity index (χ4n) is 5.81. The average Bonchev–Trinajstić information content (AvgIpc) is 3.79. The maximum Gasteiger partial charge on any atom is 0.435 e. The van der Waals surface area contributed by atoms with Gasteiger partial charge in [0.1, 0.15) is 11.6 Å². The maximum absolute atomic E-state index is 14.1. The van der Waals surface area contributed by atoms with Gasteiger partial charge in [-0.25, -0.2) is 8.78 Å². The van der Waals surface area contributed by atoms with E-state index in [-0.39, 0.29) is 84.7 Å². The van der Waals surface area contributed by atoms with Gasteiger partial charge in [0.15, 0.2) is 0 Å². The molecule has 0 saturated heterocycles. The van der Waals surface area contributed by atoms with Gasteiger partial charge in [-0.15, -0.1) is 0 Å². The topological polar surface area (TPSA) is 98.3 Å². The molecule has 0 aromatic heterocycles. The number of hydrogen-bond donors (Lipinski definition) is 2. The third-order valence-corrected chi connectivity index (χ3v) is 9.68. The molecule has 2 unspecified atom stereocenters. The standard InChI is InChI=1S/C20H16Cl2F4N2O2.C17H12Cl2F4N2O/c1-2-18(29)27-10-12-5-11(3-4-16(12)23)17-9-19(30-28-17,20(24,25)26)13-6-14(21)8-15(22)7-13;18-12-4-11(5-13(19)6-12)16(17(21,22)23)7-15(25-26-16)9-1-2-14(20)10(3-9)8-24/h3-8H,2,9-10H2,1H3,(H,27,29);1-6H,7-8,24H2. The first-order valence-electron chi connectivity index (χ1n) is 16.3. The van der Waals surface area contributed by atoms with E-state index in [1.807, 2.05) is 0 Å². The molecule has 0 fully saturated rings. The third kappa shape index (κ3) is 9.02. The van der Waals surface area contributed by atoms with Crippen LogP contribution in [0.15, 0.2) is 83.1 Å². The molecule has 0 saturated carbocycles. The van der Waals surface area contributed by atoms with Crippen LogP contribution in [-0.2, 0) is 38.8 Å². The van der Waals surface area contributed by atoms with Crippen molar-refractivity contribution < 1.29 is 49.6 Å².